The fourth-order valence-electron chi connectivity index (χ4n) is 2.80. The monoisotopic (exact) mass is 285 g/mol. The molecule has 1 aliphatic rings. The molecular weight excluding hydrogens is 266 g/mol. The molecule has 1 fully saturated rings. The van der Waals surface area contributed by atoms with Gasteiger partial charge in [-0.25, -0.2) is 9.67 Å². The van der Waals surface area contributed by atoms with Crippen molar-refractivity contribution in [2.45, 2.75) is 25.3 Å². The summed E-state index contributed by atoms with van der Waals surface area (Å²) in [7, 11) is 0. The van der Waals surface area contributed by atoms with Gasteiger partial charge in [0.05, 0.1) is 5.69 Å². The van der Waals surface area contributed by atoms with Gasteiger partial charge in [0.2, 0.25) is 0 Å². The Morgan fingerprint density at radius 2 is 2.29 bits per heavy atom. The Labute approximate surface area is 123 Å². The fraction of sp³-hybridized carbons (Fsp3) is 0.400. The highest BCUT2D eigenvalue weighted by molar-refractivity contribution is 5.95. The molecule has 1 aromatic heterocycles. The number of likely N-dealkylation sites (tertiary alicyclic amines) is 1. The number of carbonyl (C=O) groups excluding carboxylic acids is 1. The maximum absolute atomic E-state index is 12.7. The molecule has 1 aromatic carbocycles. The van der Waals surface area contributed by atoms with Gasteiger partial charge in [0, 0.05) is 24.7 Å². The smallest absolute Gasteiger partial charge is 0.254 e. The number of aromatic nitrogens is 3. The van der Waals surface area contributed by atoms with E-state index >= 15 is 0 Å². The predicted octanol–water partition coefficient (Wildman–Crippen LogP) is 1.22. The van der Waals surface area contributed by atoms with Gasteiger partial charge in [0.1, 0.15) is 12.7 Å². The molecule has 0 saturated carbocycles. The molecular formula is C15H19N5O. The lowest BCUT2D eigenvalue weighted by molar-refractivity contribution is 0.0623. The first-order valence-corrected chi connectivity index (χ1v) is 7.25. The number of hydrogen-bond donors (Lipinski definition) is 1. The van der Waals surface area contributed by atoms with Gasteiger partial charge in [-0.2, -0.15) is 5.10 Å². The Morgan fingerprint density at radius 1 is 1.38 bits per heavy atom. The minimum absolute atomic E-state index is 0.0483. The number of piperidine rings is 1. The van der Waals surface area contributed by atoms with E-state index in [1.54, 1.807) is 11.0 Å². The second-order valence-electron chi connectivity index (χ2n) is 5.27. The number of nitrogens with zero attached hydrogens (tertiary/aromatic N) is 4. The van der Waals surface area contributed by atoms with E-state index in [2.05, 4.69) is 10.1 Å². The van der Waals surface area contributed by atoms with E-state index in [9.17, 15) is 4.79 Å². The van der Waals surface area contributed by atoms with Crippen molar-refractivity contribution in [2.24, 2.45) is 5.73 Å². The molecule has 3 rings (SSSR count). The third-order valence-electron chi connectivity index (χ3n) is 3.94. The quantitative estimate of drug-likeness (QED) is 0.920. The molecule has 2 N–H and O–H groups in total. The van der Waals surface area contributed by atoms with Crippen LogP contribution in [0, 0.1) is 0 Å². The number of hydrogen-bond acceptors (Lipinski definition) is 4. The van der Waals surface area contributed by atoms with Crippen LogP contribution in [0.3, 0.4) is 0 Å². The van der Waals surface area contributed by atoms with E-state index in [0.717, 1.165) is 31.5 Å². The number of rotatable bonds is 3. The maximum Gasteiger partial charge on any atom is 0.254 e. The lowest BCUT2D eigenvalue weighted by Crippen LogP contribution is -2.47. The van der Waals surface area contributed by atoms with E-state index in [4.69, 9.17) is 5.73 Å². The van der Waals surface area contributed by atoms with Crippen LogP contribution in [0.1, 0.15) is 29.6 Å². The summed E-state index contributed by atoms with van der Waals surface area (Å²) in [5, 5.41) is 4.09. The summed E-state index contributed by atoms with van der Waals surface area (Å²) in [5.74, 6) is 0.0483. The van der Waals surface area contributed by atoms with E-state index in [-0.39, 0.29) is 11.9 Å². The molecule has 0 bridgehead atoms. The summed E-state index contributed by atoms with van der Waals surface area (Å²) in [4.78, 5) is 18.6. The SMILES string of the molecule is NCC1CCCCN1C(=O)c1cccc(-n2cncn2)c1. The lowest BCUT2D eigenvalue weighted by atomic mass is 10.0. The van der Waals surface area contributed by atoms with E-state index in [1.807, 2.05) is 29.2 Å². The molecule has 6 nitrogen and oxygen atoms in total. The topological polar surface area (TPSA) is 77.0 Å². The zero-order valence-electron chi connectivity index (χ0n) is 11.9. The van der Waals surface area contributed by atoms with Crippen LogP contribution in [-0.2, 0) is 0 Å². The molecule has 1 unspecified atom stereocenters. The van der Waals surface area contributed by atoms with Gasteiger partial charge in [0.15, 0.2) is 0 Å². The number of benzene rings is 1. The van der Waals surface area contributed by atoms with Crippen molar-refractivity contribution in [2.75, 3.05) is 13.1 Å². The third kappa shape index (κ3) is 2.80. The van der Waals surface area contributed by atoms with Crippen LogP contribution in [-0.4, -0.2) is 44.7 Å². The molecule has 0 spiro atoms. The Hall–Kier alpha value is -2.21. The summed E-state index contributed by atoms with van der Waals surface area (Å²) in [6.45, 7) is 1.31. The van der Waals surface area contributed by atoms with Crippen LogP contribution in [0.2, 0.25) is 0 Å². The van der Waals surface area contributed by atoms with Crippen LogP contribution in [0.5, 0.6) is 0 Å². The number of nitrogens with two attached hydrogens (primary N) is 1. The van der Waals surface area contributed by atoms with Crippen molar-refractivity contribution in [3.05, 3.63) is 42.5 Å². The second kappa shape index (κ2) is 6.05. The largest absolute Gasteiger partial charge is 0.334 e. The highest BCUT2D eigenvalue weighted by atomic mass is 16.2. The van der Waals surface area contributed by atoms with E-state index < -0.39 is 0 Å². The van der Waals surface area contributed by atoms with Crippen LogP contribution in [0.4, 0.5) is 0 Å². The van der Waals surface area contributed by atoms with Gasteiger partial charge in [-0.05, 0) is 37.5 Å². The molecule has 6 heteroatoms. The van der Waals surface area contributed by atoms with Crippen molar-refractivity contribution >= 4 is 5.91 Å². The van der Waals surface area contributed by atoms with Crippen LogP contribution in [0.25, 0.3) is 5.69 Å². The molecule has 110 valence electrons. The van der Waals surface area contributed by atoms with Crippen molar-refractivity contribution in [1.29, 1.82) is 0 Å². The standard InChI is InChI=1S/C15H19N5O/c16-9-14-5-1-2-7-19(14)15(21)12-4-3-6-13(8-12)20-11-17-10-18-20/h3-4,6,8,10-11,14H,1-2,5,7,9,16H2. The second-order valence-corrected chi connectivity index (χ2v) is 5.27. The van der Waals surface area contributed by atoms with Gasteiger partial charge >= 0.3 is 0 Å². The first-order chi connectivity index (χ1) is 10.3. The zero-order chi connectivity index (χ0) is 14.7. The molecule has 0 radical (unpaired) electrons. The summed E-state index contributed by atoms with van der Waals surface area (Å²) in [6, 6.07) is 7.61. The predicted molar refractivity (Wildman–Crippen MR) is 79.1 cm³/mol. The zero-order valence-corrected chi connectivity index (χ0v) is 11.9. The fourth-order valence-corrected chi connectivity index (χ4v) is 2.80. The Balaban J connectivity index is 1.86. The average molecular weight is 285 g/mol. The minimum Gasteiger partial charge on any atom is -0.334 e. The lowest BCUT2D eigenvalue weighted by Gasteiger charge is -2.35. The molecule has 1 aliphatic heterocycles. The van der Waals surface area contributed by atoms with Gasteiger partial charge in [-0.1, -0.05) is 6.07 Å². The highest BCUT2D eigenvalue weighted by Crippen LogP contribution is 2.20. The van der Waals surface area contributed by atoms with E-state index in [0.29, 0.717) is 12.1 Å². The maximum atomic E-state index is 12.7. The van der Waals surface area contributed by atoms with Crippen LogP contribution in [0.15, 0.2) is 36.9 Å². The molecule has 2 aromatic rings. The first kappa shape index (κ1) is 13.8. The third-order valence-corrected chi connectivity index (χ3v) is 3.94. The van der Waals surface area contributed by atoms with Crippen molar-refractivity contribution < 1.29 is 4.79 Å². The number of carbonyl (C=O) groups is 1. The highest BCUT2D eigenvalue weighted by Gasteiger charge is 2.26. The summed E-state index contributed by atoms with van der Waals surface area (Å²) >= 11 is 0. The molecule has 1 saturated heterocycles. The average Bonchev–Trinajstić information content (AvgIpc) is 3.09. The van der Waals surface area contributed by atoms with Crippen molar-refractivity contribution in [1.82, 2.24) is 19.7 Å². The summed E-state index contributed by atoms with van der Waals surface area (Å²) in [6.07, 6.45) is 6.28. The molecule has 21 heavy (non-hydrogen) atoms. The Bertz CT molecular complexity index is 610. The first-order valence-electron chi connectivity index (χ1n) is 7.25. The van der Waals surface area contributed by atoms with Crippen molar-refractivity contribution in [3.8, 4) is 5.69 Å². The Kier molecular flexibility index (Phi) is 3.96. The molecule has 0 aliphatic carbocycles. The minimum atomic E-state index is 0.0483. The van der Waals surface area contributed by atoms with Gasteiger partial charge < -0.3 is 10.6 Å². The molecule has 2 heterocycles. The van der Waals surface area contributed by atoms with Gasteiger partial charge in [-0.3, -0.25) is 4.79 Å². The molecule has 1 amide bonds. The van der Waals surface area contributed by atoms with Crippen LogP contribution < -0.4 is 5.73 Å². The Morgan fingerprint density at radius 3 is 3.05 bits per heavy atom. The van der Waals surface area contributed by atoms with Gasteiger partial charge in [0.25, 0.3) is 5.91 Å². The summed E-state index contributed by atoms with van der Waals surface area (Å²) in [5.41, 5.74) is 7.30. The van der Waals surface area contributed by atoms with E-state index in [1.165, 1.54) is 6.33 Å². The van der Waals surface area contributed by atoms with Crippen LogP contribution >= 0.6 is 0 Å². The van der Waals surface area contributed by atoms with Crippen molar-refractivity contribution in [3.63, 3.8) is 0 Å². The normalized spacial score (nSPS) is 18.7. The molecule has 1 atom stereocenters. The number of amides is 1. The summed E-state index contributed by atoms with van der Waals surface area (Å²) < 4.78 is 1.65. The van der Waals surface area contributed by atoms with Gasteiger partial charge in [-0.15, -0.1) is 0 Å².